The molecule has 3 aromatic rings. The second-order valence-electron chi connectivity index (χ2n) is 9.43. The number of aliphatic hydroxyl groups is 1. The minimum Gasteiger partial charge on any atom is -0.507 e. The minimum atomic E-state index is -1.02. The van der Waals surface area contributed by atoms with Crippen LogP contribution in [-0.2, 0) is 20.7 Å². The zero-order valence-corrected chi connectivity index (χ0v) is 23.1. The van der Waals surface area contributed by atoms with E-state index in [0.717, 1.165) is 22.6 Å². The number of aromatic nitrogens is 1. The highest BCUT2D eigenvalue weighted by Gasteiger charge is 2.48. The maximum absolute atomic E-state index is 13.6. The number of aliphatic hydroxyl groups excluding tert-OH is 1. The van der Waals surface area contributed by atoms with Crippen molar-refractivity contribution < 1.29 is 33.7 Å². The molecule has 40 heavy (non-hydrogen) atoms. The highest BCUT2D eigenvalue weighted by atomic mass is 32.1. The summed E-state index contributed by atoms with van der Waals surface area (Å²) in [6.45, 7) is 9.41. The van der Waals surface area contributed by atoms with Gasteiger partial charge in [0.1, 0.15) is 34.8 Å². The summed E-state index contributed by atoms with van der Waals surface area (Å²) in [4.78, 5) is 45.6. The number of ketones is 1. The molecule has 1 aromatic heterocycles. The van der Waals surface area contributed by atoms with E-state index in [1.165, 1.54) is 11.0 Å². The van der Waals surface area contributed by atoms with Crippen molar-refractivity contribution in [3.8, 4) is 11.5 Å². The molecule has 1 fully saturated rings. The third kappa shape index (κ3) is 4.86. The van der Waals surface area contributed by atoms with Crippen molar-refractivity contribution in [2.24, 2.45) is 0 Å². The molecule has 0 unspecified atom stereocenters. The third-order valence-corrected chi connectivity index (χ3v) is 7.74. The lowest BCUT2D eigenvalue weighted by Gasteiger charge is -2.23. The molecule has 1 saturated heterocycles. The van der Waals surface area contributed by atoms with Crippen molar-refractivity contribution in [2.75, 3.05) is 18.1 Å². The molecule has 10 heteroatoms. The quantitative estimate of drug-likeness (QED) is 0.132. The van der Waals surface area contributed by atoms with Gasteiger partial charge in [-0.3, -0.25) is 14.5 Å². The number of thiazole rings is 1. The molecule has 3 heterocycles. The Morgan fingerprint density at radius 1 is 1.27 bits per heavy atom. The Kier molecular flexibility index (Phi) is 7.44. The second kappa shape index (κ2) is 11.0. The number of carbonyl (C=O) groups is 3. The van der Waals surface area contributed by atoms with E-state index >= 15 is 0 Å². The summed E-state index contributed by atoms with van der Waals surface area (Å²) in [6.07, 6.45) is 2.11. The summed E-state index contributed by atoms with van der Waals surface area (Å²) in [5.74, 6) is -1.39. The van der Waals surface area contributed by atoms with Crippen molar-refractivity contribution in [2.45, 2.75) is 39.3 Å². The fraction of sp³-hybridized carbons (Fsp3) is 0.267. The van der Waals surface area contributed by atoms with Crippen molar-refractivity contribution in [1.82, 2.24) is 4.98 Å². The molecule has 206 valence electrons. The number of hydrogen-bond donors (Lipinski definition) is 1. The lowest BCUT2D eigenvalue weighted by Crippen LogP contribution is -2.29. The lowest BCUT2D eigenvalue weighted by atomic mass is 9.94. The van der Waals surface area contributed by atoms with Gasteiger partial charge in [-0.25, -0.2) is 9.78 Å². The molecule has 0 bridgehead atoms. The Morgan fingerprint density at radius 2 is 2.08 bits per heavy atom. The van der Waals surface area contributed by atoms with Crippen LogP contribution in [0, 0.1) is 6.92 Å². The molecule has 0 radical (unpaired) electrons. The van der Waals surface area contributed by atoms with E-state index in [9.17, 15) is 19.5 Å². The molecule has 0 aliphatic carbocycles. The molecule has 1 amide bonds. The number of amides is 1. The molecule has 2 atom stereocenters. The Hall–Kier alpha value is -4.44. The van der Waals surface area contributed by atoms with Gasteiger partial charge >= 0.3 is 11.9 Å². The van der Waals surface area contributed by atoms with E-state index in [0.29, 0.717) is 35.6 Å². The summed E-state index contributed by atoms with van der Waals surface area (Å²) in [6, 6.07) is 11.1. The minimum absolute atomic E-state index is 0.000195. The van der Waals surface area contributed by atoms with E-state index in [4.69, 9.17) is 14.2 Å². The van der Waals surface area contributed by atoms with E-state index < -0.39 is 23.7 Å². The molecular formula is C30H28N2O7S. The van der Waals surface area contributed by atoms with Gasteiger partial charge in [-0.15, -0.1) is 0 Å². The standard InChI is InChI=1S/C30H28N2O7S/c1-5-12-38-29(36)27-17(4)31-30(40-27)32-24(18-8-7-9-21(15-18)37-6-2)23(26(34)28(32)35)25(33)19-10-11-22-20(14-19)13-16(3)39-22/h5,7-11,14-16,24,33H,1,6,12-13H2,2-4H3/t16-,24-/m1/s1. The summed E-state index contributed by atoms with van der Waals surface area (Å²) < 4.78 is 16.6. The zero-order chi connectivity index (χ0) is 28.6. The average Bonchev–Trinajstić information content (AvgIpc) is 3.59. The smallest absolute Gasteiger partial charge is 0.350 e. The van der Waals surface area contributed by atoms with E-state index in [-0.39, 0.29) is 34.1 Å². The fourth-order valence-corrected chi connectivity index (χ4v) is 5.87. The Labute approximate surface area is 235 Å². The van der Waals surface area contributed by atoms with Crippen LogP contribution in [-0.4, -0.2) is 47.1 Å². The van der Waals surface area contributed by atoms with Gasteiger partial charge < -0.3 is 19.3 Å². The van der Waals surface area contributed by atoms with Crippen LogP contribution in [0.5, 0.6) is 11.5 Å². The van der Waals surface area contributed by atoms with Gasteiger partial charge in [0, 0.05) is 12.0 Å². The summed E-state index contributed by atoms with van der Waals surface area (Å²) >= 11 is 0.941. The van der Waals surface area contributed by atoms with Crippen molar-refractivity contribution in [1.29, 1.82) is 0 Å². The van der Waals surface area contributed by atoms with Gasteiger partial charge in [-0.2, -0.15) is 0 Å². The summed E-state index contributed by atoms with van der Waals surface area (Å²) in [7, 11) is 0. The molecule has 0 spiro atoms. The number of Topliss-reactive ketones (excluding diaryl/α,β-unsaturated/α-hetero) is 1. The lowest BCUT2D eigenvalue weighted by molar-refractivity contribution is -0.132. The molecule has 9 nitrogen and oxygen atoms in total. The van der Waals surface area contributed by atoms with Crippen molar-refractivity contribution in [3.63, 3.8) is 0 Å². The van der Waals surface area contributed by atoms with Gasteiger partial charge in [-0.05, 0) is 62.2 Å². The molecule has 5 rings (SSSR count). The monoisotopic (exact) mass is 560 g/mol. The predicted molar refractivity (Wildman–Crippen MR) is 150 cm³/mol. The first-order valence-corrected chi connectivity index (χ1v) is 13.6. The van der Waals surface area contributed by atoms with Crippen LogP contribution in [0.2, 0.25) is 0 Å². The Morgan fingerprint density at radius 3 is 2.83 bits per heavy atom. The largest absolute Gasteiger partial charge is 0.507 e. The maximum Gasteiger partial charge on any atom is 0.350 e. The first-order valence-electron chi connectivity index (χ1n) is 12.8. The number of rotatable bonds is 8. The fourth-order valence-electron chi connectivity index (χ4n) is 4.89. The van der Waals surface area contributed by atoms with Crippen molar-refractivity contribution in [3.05, 3.63) is 88.0 Å². The van der Waals surface area contributed by atoms with Crippen LogP contribution >= 0.6 is 11.3 Å². The highest BCUT2D eigenvalue weighted by Crippen LogP contribution is 2.45. The van der Waals surface area contributed by atoms with Gasteiger partial charge in [-0.1, -0.05) is 36.1 Å². The third-order valence-electron chi connectivity index (χ3n) is 6.61. The highest BCUT2D eigenvalue weighted by molar-refractivity contribution is 7.17. The zero-order valence-electron chi connectivity index (χ0n) is 22.3. The Bertz CT molecular complexity index is 1560. The molecular weight excluding hydrogens is 532 g/mol. The molecule has 2 aliphatic heterocycles. The number of ether oxygens (including phenoxy) is 3. The van der Waals surface area contributed by atoms with Crippen LogP contribution in [0.3, 0.4) is 0 Å². The molecule has 2 aliphatic rings. The normalized spacial score (nSPS) is 19.3. The van der Waals surface area contributed by atoms with E-state index in [1.54, 1.807) is 49.4 Å². The number of benzene rings is 2. The van der Waals surface area contributed by atoms with Gasteiger partial charge in [0.2, 0.25) is 0 Å². The molecule has 0 saturated carbocycles. The topological polar surface area (TPSA) is 115 Å². The number of carbonyl (C=O) groups excluding carboxylic acids is 3. The van der Waals surface area contributed by atoms with Crippen molar-refractivity contribution >= 4 is 39.9 Å². The maximum atomic E-state index is 13.6. The first kappa shape index (κ1) is 27.1. The van der Waals surface area contributed by atoms with Crippen LogP contribution in [0.1, 0.15) is 51.9 Å². The number of hydrogen-bond acceptors (Lipinski definition) is 9. The number of aryl methyl sites for hydroxylation is 1. The Balaban J connectivity index is 1.65. The van der Waals surface area contributed by atoms with E-state index in [1.807, 2.05) is 13.8 Å². The number of anilines is 1. The molecule has 2 aromatic carbocycles. The first-order chi connectivity index (χ1) is 19.2. The van der Waals surface area contributed by atoms with Gasteiger partial charge in [0.05, 0.1) is 23.9 Å². The number of nitrogens with zero attached hydrogens (tertiary/aromatic N) is 2. The van der Waals surface area contributed by atoms with Gasteiger partial charge in [0.25, 0.3) is 5.78 Å². The van der Waals surface area contributed by atoms with Crippen LogP contribution in [0.25, 0.3) is 5.76 Å². The average molecular weight is 561 g/mol. The van der Waals surface area contributed by atoms with Crippen LogP contribution in [0.4, 0.5) is 5.13 Å². The van der Waals surface area contributed by atoms with Crippen LogP contribution < -0.4 is 14.4 Å². The SMILES string of the molecule is C=CCOC(=O)c1sc(N2C(=O)C(=O)C(=C(O)c3ccc4c(c3)C[C@@H](C)O4)[C@H]2c2cccc(OCC)c2)nc1C. The summed E-state index contributed by atoms with van der Waals surface area (Å²) in [5, 5.41) is 11.7. The van der Waals surface area contributed by atoms with Gasteiger partial charge in [0.15, 0.2) is 5.13 Å². The summed E-state index contributed by atoms with van der Waals surface area (Å²) in [5.41, 5.74) is 2.09. The molecule has 1 N–H and O–H groups in total. The predicted octanol–water partition coefficient (Wildman–Crippen LogP) is 5.14. The number of esters is 1. The van der Waals surface area contributed by atoms with Crippen LogP contribution in [0.15, 0.2) is 60.7 Å². The number of fused-ring (bicyclic) bond motifs is 1. The second-order valence-corrected chi connectivity index (χ2v) is 10.4. The van der Waals surface area contributed by atoms with E-state index in [2.05, 4.69) is 11.6 Å².